The Morgan fingerprint density at radius 3 is 2.79 bits per heavy atom. The van der Waals surface area contributed by atoms with Gasteiger partial charge in [-0.05, 0) is 18.5 Å². The Labute approximate surface area is 115 Å². The van der Waals surface area contributed by atoms with E-state index in [2.05, 4.69) is 9.97 Å². The van der Waals surface area contributed by atoms with E-state index in [1.165, 1.54) is 4.90 Å². The lowest BCUT2D eigenvalue weighted by molar-refractivity contribution is -0.117. The molecule has 7 nitrogen and oxygen atoms in total. The van der Waals surface area contributed by atoms with Crippen LogP contribution >= 0.6 is 11.6 Å². The number of rotatable bonds is 3. The van der Waals surface area contributed by atoms with Crippen molar-refractivity contribution in [3.8, 4) is 0 Å². The monoisotopic (exact) mass is 304 g/mol. The second-order valence-corrected chi connectivity index (χ2v) is 6.54. The van der Waals surface area contributed by atoms with Gasteiger partial charge in [0, 0.05) is 30.6 Å². The fraction of sp³-hybridized carbons (Fsp3) is 0.500. The van der Waals surface area contributed by atoms with Crippen molar-refractivity contribution in [1.29, 1.82) is 0 Å². The molecule has 1 aromatic heterocycles. The number of sulfonamides is 1. The van der Waals surface area contributed by atoms with Crippen LogP contribution in [0.3, 0.4) is 0 Å². The number of hydrogen-bond acceptors (Lipinski definition) is 5. The molecule has 104 valence electrons. The summed E-state index contributed by atoms with van der Waals surface area (Å²) in [4.78, 5) is 21.2. The third-order valence-corrected chi connectivity index (χ3v) is 3.87. The summed E-state index contributed by atoms with van der Waals surface area (Å²) >= 11 is 5.74. The molecule has 1 aliphatic heterocycles. The van der Waals surface area contributed by atoms with E-state index in [1.54, 1.807) is 13.0 Å². The van der Waals surface area contributed by atoms with Crippen LogP contribution in [0.4, 0.5) is 5.82 Å². The third-order valence-electron chi connectivity index (χ3n) is 2.76. The minimum atomic E-state index is -3.59. The summed E-state index contributed by atoms with van der Waals surface area (Å²) < 4.78 is 22.1. The fourth-order valence-corrected chi connectivity index (χ4v) is 3.20. The molecule has 1 unspecified atom stereocenters. The first-order valence-corrected chi connectivity index (χ1v) is 7.66. The summed E-state index contributed by atoms with van der Waals surface area (Å²) in [6.07, 6.45) is 0.136. The van der Waals surface area contributed by atoms with Crippen molar-refractivity contribution in [3.05, 3.63) is 17.0 Å². The maximum absolute atomic E-state index is 11.9. The Morgan fingerprint density at radius 2 is 2.21 bits per heavy atom. The average molecular weight is 305 g/mol. The SMILES string of the molecule is Cc1cc(N2CC(CS(N)(=O)=O)CC2=O)nc(Cl)n1. The summed E-state index contributed by atoms with van der Waals surface area (Å²) in [6.45, 7) is 2.00. The summed E-state index contributed by atoms with van der Waals surface area (Å²) in [5.41, 5.74) is 0.637. The van der Waals surface area contributed by atoms with Crippen molar-refractivity contribution in [2.24, 2.45) is 11.1 Å². The Hall–Kier alpha value is -1.25. The molecule has 0 spiro atoms. The van der Waals surface area contributed by atoms with Gasteiger partial charge >= 0.3 is 0 Å². The van der Waals surface area contributed by atoms with Crippen molar-refractivity contribution >= 4 is 33.3 Å². The van der Waals surface area contributed by atoms with Gasteiger partial charge in [0.1, 0.15) is 5.82 Å². The van der Waals surface area contributed by atoms with Crippen LogP contribution in [0.15, 0.2) is 6.07 Å². The van der Waals surface area contributed by atoms with E-state index in [0.717, 1.165) is 0 Å². The van der Waals surface area contributed by atoms with Gasteiger partial charge in [-0.15, -0.1) is 0 Å². The molecular weight excluding hydrogens is 292 g/mol. The van der Waals surface area contributed by atoms with Crippen LogP contribution in [0.25, 0.3) is 0 Å². The second kappa shape index (κ2) is 5.03. The largest absolute Gasteiger partial charge is 0.296 e. The molecule has 9 heteroatoms. The lowest BCUT2D eigenvalue weighted by Crippen LogP contribution is -2.28. The first-order valence-electron chi connectivity index (χ1n) is 5.56. The number of primary sulfonamides is 1. The molecule has 2 rings (SSSR count). The van der Waals surface area contributed by atoms with Gasteiger partial charge in [-0.1, -0.05) is 0 Å². The molecule has 1 atom stereocenters. The van der Waals surface area contributed by atoms with Gasteiger partial charge in [0.2, 0.25) is 21.2 Å². The van der Waals surface area contributed by atoms with E-state index in [-0.39, 0.29) is 35.8 Å². The van der Waals surface area contributed by atoms with Crippen molar-refractivity contribution in [2.75, 3.05) is 17.2 Å². The number of nitrogens with zero attached hydrogens (tertiary/aromatic N) is 3. The Kier molecular flexibility index (Phi) is 3.75. The van der Waals surface area contributed by atoms with Gasteiger partial charge < -0.3 is 0 Å². The molecule has 0 radical (unpaired) electrons. The number of aromatic nitrogens is 2. The van der Waals surface area contributed by atoms with Crippen molar-refractivity contribution < 1.29 is 13.2 Å². The number of amides is 1. The number of halogens is 1. The molecule has 1 fully saturated rings. The van der Waals surface area contributed by atoms with Crippen molar-refractivity contribution in [1.82, 2.24) is 9.97 Å². The zero-order valence-electron chi connectivity index (χ0n) is 10.2. The minimum absolute atomic E-state index is 0.0534. The maximum Gasteiger partial charge on any atom is 0.228 e. The van der Waals surface area contributed by atoms with E-state index in [1.807, 2.05) is 0 Å². The van der Waals surface area contributed by atoms with Gasteiger partial charge in [-0.3, -0.25) is 9.69 Å². The first kappa shape index (κ1) is 14.2. The van der Waals surface area contributed by atoms with Crippen LogP contribution in [0.2, 0.25) is 5.28 Å². The van der Waals surface area contributed by atoms with Crippen LogP contribution in [-0.4, -0.2) is 36.6 Å². The zero-order chi connectivity index (χ0) is 14.2. The summed E-state index contributed by atoms with van der Waals surface area (Å²) in [5.74, 6) is -0.341. The zero-order valence-corrected chi connectivity index (χ0v) is 11.8. The lowest BCUT2D eigenvalue weighted by Gasteiger charge is -2.15. The Bertz CT molecular complexity index is 599. The number of carbonyl (C=O) groups is 1. The minimum Gasteiger partial charge on any atom is -0.296 e. The maximum atomic E-state index is 11.9. The van der Waals surface area contributed by atoms with Crippen LogP contribution in [0.5, 0.6) is 0 Å². The molecule has 0 saturated carbocycles. The van der Waals surface area contributed by atoms with Crippen molar-refractivity contribution in [2.45, 2.75) is 13.3 Å². The third kappa shape index (κ3) is 3.62. The first-order chi connectivity index (χ1) is 8.74. The number of hydrogen-bond donors (Lipinski definition) is 1. The van der Waals surface area contributed by atoms with E-state index < -0.39 is 10.0 Å². The normalized spacial score (nSPS) is 20.1. The van der Waals surface area contributed by atoms with Gasteiger partial charge in [0.25, 0.3) is 0 Å². The molecule has 2 N–H and O–H groups in total. The predicted octanol–water partition coefficient (Wildman–Crippen LogP) is 0.0798. The van der Waals surface area contributed by atoms with Gasteiger partial charge in [-0.25, -0.2) is 23.5 Å². The Morgan fingerprint density at radius 1 is 1.53 bits per heavy atom. The standard InChI is InChI=1S/C10H13ClN4O3S/c1-6-2-8(14-10(11)13-6)15-4-7(3-9(15)16)5-19(12,17)18/h2,7H,3-5H2,1H3,(H2,12,17,18). The number of anilines is 1. The fourth-order valence-electron chi connectivity index (χ4n) is 2.10. The molecule has 0 bridgehead atoms. The molecular formula is C10H13ClN4O3S. The second-order valence-electron chi connectivity index (χ2n) is 4.54. The van der Waals surface area contributed by atoms with Crippen LogP contribution in [0, 0.1) is 12.8 Å². The van der Waals surface area contributed by atoms with E-state index in [9.17, 15) is 13.2 Å². The predicted molar refractivity (Wildman–Crippen MR) is 70.2 cm³/mol. The summed E-state index contributed by atoms with van der Waals surface area (Å²) in [7, 11) is -3.59. The van der Waals surface area contributed by atoms with Gasteiger partial charge in [0.05, 0.1) is 5.75 Å². The quantitative estimate of drug-likeness (QED) is 0.796. The molecule has 2 heterocycles. The van der Waals surface area contributed by atoms with E-state index in [4.69, 9.17) is 16.7 Å². The average Bonchev–Trinajstić information content (AvgIpc) is 2.54. The molecule has 1 amide bonds. The molecule has 1 aromatic rings. The van der Waals surface area contributed by atoms with Crippen LogP contribution in [0.1, 0.15) is 12.1 Å². The highest BCUT2D eigenvalue weighted by Crippen LogP contribution is 2.25. The van der Waals surface area contributed by atoms with E-state index >= 15 is 0 Å². The number of nitrogens with two attached hydrogens (primary N) is 1. The highest BCUT2D eigenvalue weighted by Gasteiger charge is 2.33. The van der Waals surface area contributed by atoms with Crippen LogP contribution < -0.4 is 10.0 Å². The molecule has 1 saturated heterocycles. The van der Waals surface area contributed by atoms with Gasteiger partial charge in [-0.2, -0.15) is 0 Å². The molecule has 19 heavy (non-hydrogen) atoms. The van der Waals surface area contributed by atoms with Crippen LogP contribution in [-0.2, 0) is 14.8 Å². The molecule has 0 aliphatic carbocycles. The van der Waals surface area contributed by atoms with E-state index in [0.29, 0.717) is 11.5 Å². The molecule has 0 aromatic carbocycles. The number of carbonyl (C=O) groups excluding carboxylic acids is 1. The summed E-state index contributed by atoms with van der Waals surface area (Å²) in [5, 5.41) is 5.04. The number of aryl methyl sites for hydroxylation is 1. The summed E-state index contributed by atoms with van der Waals surface area (Å²) in [6, 6.07) is 1.63. The van der Waals surface area contributed by atoms with Crippen molar-refractivity contribution in [3.63, 3.8) is 0 Å². The topological polar surface area (TPSA) is 106 Å². The molecule has 1 aliphatic rings. The van der Waals surface area contributed by atoms with Gasteiger partial charge in [0.15, 0.2) is 0 Å². The highest BCUT2D eigenvalue weighted by atomic mass is 35.5. The Balaban J connectivity index is 2.20. The lowest BCUT2D eigenvalue weighted by atomic mass is 10.1. The smallest absolute Gasteiger partial charge is 0.228 e. The highest BCUT2D eigenvalue weighted by molar-refractivity contribution is 7.89.